The fourth-order valence-corrected chi connectivity index (χ4v) is 1.10. The van der Waals surface area contributed by atoms with Crippen molar-refractivity contribution in [3.8, 4) is 0 Å². The summed E-state index contributed by atoms with van der Waals surface area (Å²) in [5.41, 5.74) is 0.859. The lowest BCUT2D eigenvalue weighted by Crippen LogP contribution is -1.87. The Morgan fingerprint density at radius 1 is 1.42 bits per heavy atom. The van der Waals surface area contributed by atoms with Crippen LogP contribution in [0.2, 0.25) is 0 Å². The number of halogens is 1. The average molecular weight is 187 g/mol. The van der Waals surface area contributed by atoms with E-state index in [1.807, 2.05) is 12.0 Å². The van der Waals surface area contributed by atoms with Crippen LogP contribution in [0, 0.1) is 0 Å². The minimum absolute atomic E-state index is 0.618. The van der Waals surface area contributed by atoms with Crippen molar-refractivity contribution < 1.29 is 4.79 Å². The molecule has 0 aromatic heterocycles. The van der Waals surface area contributed by atoms with Crippen LogP contribution in [-0.2, 0) is 4.79 Å². The SMILES string of the molecule is C=CCCCC(=C=O)CCCCl. The van der Waals surface area contributed by atoms with Gasteiger partial charge in [-0.15, -0.1) is 18.2 Å². The highest BCUT2D eigenvalue weighted by Gasteiger charge is 1.97. The Morgan fingerprint density at radius 3 is 2.58 bits per heavy atom. The highest BCUT2D eigenvalue weighted by molar-refractivity contribution is 6.17. The molecule has 12 heavy (non-hydrogen) atoms. The van der Waals surface area contributed by atoms with Gasteiger partial charge in [-0.05, 0) is 32.1 Å². The minimum atomic E-state index is 0.618. The molecule has 0 saturated carbocycles. The van der Waals surface area contributed by atoms with Crippen molar-refractivity contribution in [3.63, 3.8) is 0 Å². The summed E-state index contributed by atoms with van der Waals surface area (Å²) >= 11 is 5.50. The molecule has 0 bridgehead atoms. The van der Waals surface area contributed by atoms with Crippen LogP contribution in [0.4, 0.5) is 0 Å². The minimum Gasteiger partial charge on any atom is -0.234 e. The zero-order valence-corrected chi connectivity index (χ0v) is 8.07. The molecule has 0 aromatic carbocycles. The van der Waals surface area contributed by atoms with Crippen LogP contribution in [0.25, 0.3) is 0 Å². The first-order chi connectivity index (χ1) is 5.85. The van der Waals surface area contributed by atoms with E-state index in [4.69, 9.17) is 11.6 Å². The molecule has 0 fully saturated rings. The maximum atomic E-state index is 10.4. The maximum absolute atomic E-state index is 10.4. The largest absolute Gasteiger partial charge is 0.234 e. The number of allylic oxidation sites excluding steroid dienone is 2. The van der Waals surface area contributed by atoms with Gasteiger partial charge in [-0.3, -0.25) is 0 Å². The fourth-order valence-electron chi connectivity index (χ4n) is 0.967. The topological polar surface area (TPSA) is 17.1 Å². The first-order valence-electron chi connectivity index (χ1n) is 4.24. The van der Waals surface area contributed by atoms with Crippen molar-refractivity contribution in [1.29, 1.82) is 0 Å². The molecule has 0 radical (unpaired) electrons. The molecule has 2 heteroatoms. The number of unbranched alkanes of at least 4 members (excludes halogenated alkanes) is 1. The van der Waals surface area contributed by atoms with Gasteiger partial charge in [0.25, 0.3) is 0 Å². The van der Waals surface area contributed by atoms with E-state index in [-0.39, 0.29) is 0 Å². The number of carbonyl (C=O) groups excluding carboxylic acids is 1. The molecular weight excluding hydrogens is 172 g/mol. The molecule has 0 rings (SSSR count). The van der Waals surface area contributed by atoms with Crippen LogP contribution in [-0.4, -0.2) is 11.8 Å². The summed E-state index contributed by atoms with van der Waals surface area (Å²) in [7, 11) is 0. The Kier molecular flexibility index (Phi) is 8.20. The average Bonchev–Trinajstić information content (AvgIpc) is 2.11. The first-order valence-corrected chi connectivity index (χ1v) is 4.78. The van der Waals surface area contributed by atoms with Crippen LogP contribution >= 0.6 is 11.6 Å². The van der Waals surface area contributed by atoms with Crippen LogP contribution in [0.1, 0.15) is 32.1 Å². The van der Waals surface area contributed by atoms with Crippen LogP contribution in [0.5, 0.6) is 0 Å². The van der Waals surface area contributed by atoms with Crippen LogP contribution < -0.4 is 0 Å². The molecule has 0 amide bonds. The van der Waals surface area contributed by atoms with E-state index in [2.05, 4.69) is 6.58 Å². The van der Waals surface area contributed by atoms with Gasteiger partial charge in [-0.1, -0.05) is 6.08 Å². The molecule has 0 aliphatic rings. The summed E-state index contributed by atoms with van der Waals surface area (Å²) in [5.74, 6) is 2.59. The predicted octanol–water partition coefficient (Wildman–Crippen LogP) is 3.12. The second-order valence-electron chi connectivity index (χ2n) is 2.68. The van der Waals surface area contributed by atoms with E-state index in [1.165, 1.54) is 0 Å². The number of rotatable bonds is 7. The first kappa shape index (κ1) is 11.5. The van der Waals surface area contributed by atoms with Crippen molar-refractivity contribution in [2.75, 3.05) is 5.88 Å². The summed E-state index contributed by atoms with van der Waals surface area (Å²) in [4.78, 5) is 10.4. The molecule has 68 valence electrons. The zero-order valence-electron chi connectivity index (χ0n) is 7.31. The second kappa shape index (κ2) is 8.58. The summed E-state index contributed by atoms with van der Waals surface area (Å²) in [6.45, 7) is 3.62. The van der Waals surface area contributed by atoms with Crippen LogP contribution in [0.15, 0.2) is 18.2 Å². The standard InChI is InChI=1S/C10H15ClO/c1-2-3-4-6-10(9-12)7-5-8-11/h2H,1,3-8H2. The molecule has 0 heterocycles. The lowest BCUT2D eigenvalue weighted by molar-refractivity contribution is 0.563. The normalized spacial score (nSPS) is 9.08. The molecule has 0 saturated heterocycles. The lowest BCUT2D eigenvalue weighted by atomic mass is 10.1. The highest BCUT2D eigenvalue weighted by Crippen LogP contribution is 2.11. The van der Waals surface area contributed by atoms with Gasteiger partial charge in [-0.2, -0.15) is 0 Å². The van der Waals surface area contributed by atoms with Gasteiger partial charge < -0.3 is 0 Å². The fraction of sp³-hybridized carbons (Fsp3) is 0.600. The van der Waals surface area contributed by atoms with E-state index in [9.17, 15) is 4.79 Å². The number of hydrogen-bond acceptors (Lipinski definition) is 1. The molecule has 1 nitrogen and oxygen atoms in total. The van der Waals surface area contributed by atoms with Gasteiger partial charge in [0.15, 0.2) is 0 Å². The third-order valence-corrected chi connectivity index (χ3v) is 1.91. The van der Waals surface area contributed by atoms with E-state index in [1.54, 1.807) is 0 Å². The quantitative estimate of drug-likeness (QED) is 0.259. The number of hydrogen-bond donors (Lipinski definition) is 0. The third-order valence-electron chi connectivity index (χ3n) is 1.64. The third kappa shape index (κ3) is 6.21. The molecule has 0 aliphatic heterocycles. The molecule has 0 unspecified atom stereocenters. The summed E-state index contributed by atoms with van der Waals surface area (Å²) < 4.78 is 0. The monoisotopic (exact) mass is 186 g/mol. The van der Waals surface area contributed by atoms with Gasteiger partial charge in [0, 0.05) is 11.5 Å². The predicted molar refractivity (Wildman–Crippen MR) is 53.2 cm³/mol. The Morgan fingerprint density at radius 2 is 2.08 bits per heavy atom. The van der Waals surface area contributed by atoms with Gasteiger partial charge in [0.2, 0.25) is 0 Å². The Labute approximate surface area is 79.1 Å². The van der Waals surface area contributed by atoms with E-state index >= 15 is 0 Å². The van der Waals surface area contributed by atoms with Crippen molar-refractivity contribution in [1.82, 2.24) is 0 Å². The van der Waals surface area contributed by atoms with Crippen molar-refractivity contribution >= 4 is 17.5 Å². The molecular formula is C10H15ClO. The Hall–Kier alpha value is -0.520. The molecule has 0 atom stereocenters. The molecule has 0 spiro atoms. The highest BCUT2D eigenvalue weighted by atomic mass is 35.5. The van der Waals surface area contributed by atoms with E-state index in [0.29, 0.717) is 5.88 Å². The zero-order chi connectivity index (χ0) is 9.23. The maximum Gasteiger partial charge on any atom is 0.123 e. The van der Waals surface area contributed by atoms with Gasteiger partial charge in [-0.25, -0.2) is 4.79 Å². The van der Waals surface area contributed by atoms with Gasteiger partial charge >= 0.3 is 0 Å². The molecule has 0 aliphatic carbocycles. The summed E-state index contributed by atoms with van der Waals surface area (Å²) in [6, 6.07) is 0. The Bertz CT molecular complexity index is 169. The van der Waals surface area contributed by atoms with Gasteiger partial charge in [0.1, 0.15) is 5.94 Å². The lowest BCUT2D eigenvalue weighted by Gasteiger charge is -1.99. The Balaban J connectivity index is 3.54. The van der Waals surface area contributed by atoms with Crippen molar-refractivity contribution in [2.24, 2.45) is 0 Å². The summed E-state index contributed by atoms with van der Waals surface area (Å²) in [5, 5.41) is 0. The molecule has 0 aromatic rings. The van der Waals surface area contributed by atoms with Crippen LogP contribution in [0.3, 0.4) is 0 Å². The smallest absolute Gasteiger partial charge is 0.123 e. The second-order valence-corrected chi connectivity index (χ2v) is 3.06. The van der Waals surface area contributed by atoms with Gasteiger partial charge in [0.05, 0.1) is 0 Å². The van der Waals surface area contributed by atoms with E-state index in [0.717, 1.165) is 37.7 Å². The van der Waals surface area contributed by atoms with Crippen molar-refractivity contribution in [3.05, 3.63) is 18.2 Å². The molecule has 0 N–H and O–H groups in total. The summed E-state index contributed by atoms with van der Waals surface area (Å²) in [6.07, 6.45) is 6.34. The van der Waals surface area contributed by atoms with E-state index < -0.39 is 0 Å². The van der Waals surface area contributed by atoms with Crippen molar-refractivity contribution in [2.45, 2.75) is 32.1 Å². The number of alkyl halides is 1.